The molecule has 9 heteroatoms. The lowest BCUT2D eigenvalue weighted by molar-refractivity contribution is 0.0537. The number of ether oxygens (including phenoxy) is 3. The van der Waals surface area contributed by atoms with Gasteiger partial charge in [0.1, 0.15) is 22.8 Å². The molecule has 30 heavy (non-hydrogen) atoms. The number of carboxylic acid groups (broad SMARTS) is 1. The Hall–Kier alpha value is -2.55. The number of hydrogen-bond donors (Lipinski definition) is 2. The van der Waals surface area contributed by atoms with Crippen molar-refractivity contribution in [3.8, 4) is 11.5 Å². The topological polar surface area (TPSA) is 99.0 Å². The first kappa shape index (κ1) is 23.7. The Morgan fingerprint density at radius 3 is 2.53 bits per heavy atom. The number of rotatable bonds is 10. The molecule has 2 N–H and O–H groups in total. The van der Waals surface area contributed by atoms with Gasteiger partial charge in [-0.1, -0.05) is 0 Å². The lowest BCUT2D eigenvalue weighted by Crippen LogP contribution is -2.32. The first-order valence-corrected chi connectivity index (χ1v) is 10.9. The lowest BCUT2D eigenvalue weighted by Gasteiger charge is -2.19. The Balaban J connectivity index is 1.80. The number of carboxylic acids is 1. The highest BCUT2D eigenvalue weighted by atomic mass is 32.2. The number of benzene rings is 1. The molecule has 0 unspecified atom stereocenters. The molecule has 1 aromatic heterocycles. The molecule has 0 atom stereocenters. The first-order valence-electron chi connectivity index (χ1n) is 9.71. The quantitative estimate of drug-likeness (QED) is 0.422. The molecule has 2 rings (SSSR count). The number of amides is 1. The summed E-state index contributed by atoms with van der Waals surface area (Å²) < 4.78 is 18.0. The molecule has 1 amide bonds. The van der Waals surface area contributed by atoms with Crippen LogP contribution in [0.2, 0.25) is 0 Å². The molecule has 8 nitrogen and oxygen atoms in total. The molecule has 1 aromatic carbocycles. The van der Waals surface area contributed by atoms with E-state index in [0.717, 1.165) is 18.6 Å². The molecule has 0 fully saturated rings. The number of fused-ring (bicyclic) bond motifs is 1. The molecule has 0 saturated heterocycles. The van der Waals surface area contributed by atoms with Crippen LogP contribution in [0, 0.1) is 0 Å². The number of unbranched alkanes of at least 4 members (excludes halogenated alkanes) is 1. The molecule has 0 bridgehead atoms. The van der Waals surface area contributed by atoms with E-state index < -0.39 is 17.7 Å². The Morgan fingerprint density at radius 2 is 1.90 bits per heavy atom. The highest BCUT2D eigenvalue weighted by Crippen LogP contribution is 2.35. The molecule has 0 aliphatic carbocycles. The zero-order valence-electron chi connectivity index (χ0n) is 18.1. The third-order valence-electron chi connectivity index (χ3n) is 4.21. The minimum atomic E-state index is -1.00. The fraction of sp³-hybridized carbons (Fsp3) is 0.524. The Morgan fingerprint density at radius 1 is 1.20 bits per heavy atom. The van der Waals surface area contributed by atoms with Gasteiger partial charge in [0.15, 0.2) is 0 Å². The molecule has 1 heterocycles. The predicted octanol–water partition coefficient (Wildman–Crippen LogP) is 4.26. The van der Waals surface area contributed by atoms with Crippen LogP contribution in [0.3, 0.4) is 0 Å². The number of nitrogens with zero attached hydrogens (tertiary/aromatic N) is 1. The van der Waals surface area contributed by atoms with Crippen molar-refractivity contribution in [1.29, 1.82) is 0 Å². The summed E-state index contributed by atoms with van der Waals surface area (Å²) in [4.78, 5) is 23.0. The number of carbonyl (C=O) groups excluding carboxylic acids is 1. The second-order valence-electron chi connectivity index (χ2n) is 7.71. The van der Waals surface area contributed by atoms with Gasteiger partial charge in [0.2, 0.25) is 0 Å². The van der Waals surface area contributed by atoms with E-state index in [1.54, 1.807) is 48.7 Å². The van der Waals surface area contributed by atoms with Gasteiger partial charge in [-0.05, 0) is 57.6 Å². The summed E-state index contributed by atoms with van der Waals surface area (Å²) in [5.41, 5.74) is 0.368. The predicted molar refractivity (Wildman–Crippen MR) is 118 cm³/mol. The third kappa shape index (κ3) is 6.48. The van der Waals surface area contributed by atoms with Crippen molar-refractivity contribution in [3.63, 3.8) is 0 Å². The molecule has 2 aromatic rings. The summed E-state index contributed by atoms with van der Waals surface area (Å²) in [6.45, 7) is 6.00. The van der Waals surface area contributed by atoms with E-state index in [1.807, 2.05) is 20.8 Å². The zero-order valence-corrected chi connectivity index (χ0v) is 18.9. The smallest absolute Gasteiger partial charge is 0.408 e. The Bertz CT molecular complexity index is 888. The molecular formula is C21H30N2O6S. The van der Waals surface area contributed by atoms with E-state index in [2.05, 4.69) is 5.32 Å². The molecule has 0 aliphatic rings. The van der Waals surface area contributed by atoms with Crippen molar-refractivity contribution in [2.75, 3.05) is 25.3 Å². The van der Waals surface area contributed by atoms with Gasteiger partial charge in [-0.2, -0.15) is 0 Å². The Kier molecular flexibility index (Phi) is 8.28. The third-order valence-corrected chi connectivity index (χ3v) is 5.14. The normalized spacial score (nSPS) is 11.4. The fourth-order valence-corrected chi connectivity index (χ4v) is 3.66. The maximum Gasteiger partial charge on any atom is 0.408 e. The molecule has 0 spiro atoms. The van der Waals surface area contributed by atoms with Gasteiger partial charge >= 0.3 is 12.1 Å². The summed E-state index contributed by atoms with van der Waals surface area (Å²) in [5.74, 6) is 1.61. The van der Waals surface area contributed by atoms with Crippen LogP contribution in [0.25, 0.3) is 10.9 Å². The van der Waals surface area contributed by atoms with Gasteiger partial charge in [0, 0.05) is 12.4 Å². The standard InChI is InChI=1S/C21H30N2O6S/c1-21(2,3)29-20(26)22-13-30-11-7-6-10-28-16-8-9-17(27-5)18-14(16)12-15(19(24)25)23(18)4/h8-9,12H,6-7,10-11,13H2,1-5H3,(H,22,26)(H,24,25). The van der Waals surface area contributed by atoms with Crippen LogP contribution in [0.15, 0.2) is 18.2 Å². The van der Waals surface area contributed by atoms with Crippen LogP contribution in [-0.4, -0.2) is 52.7 Å². The average molecular weight is 439 g/mol. The van der Waals surface area contributed by atoms with Crippen LogP contribution in [-0.2, 0) is 11.8 Å². The van der Waals surface area contributed by atoms with Crippen LogP contribution in [0.1, 0.15) is 44.1 Å². The maximum atomic E-state index is 11.6. The van der Waals surface area contributed by atoms with Gasteiger partial charge in [0.25, 0.3) is 0 Å². The number of carbonyl (C=O) groups is 2. The highest BCUT2D eigenvalue weighted by molar-refractivity contribution is 7.99. The van der Waals surface area contributed by atoms with Crippen molar-refractivity contribution >= 4 is 34.7 Å². The Labute approximate surface area is 180 Å². The molecule has 0 aliphatic heterocycles. The van der Waals surface area contributed by atoms with Crippen molar-refractivity contribution in [1.82, 2.24) is 9.88 Å². The second kappa shape index (κ2) is 10.5. The number of methoxy groups -OCH3 is 1. The van der Waals surface area contributed by atoms with Gasteiger partial charge in [0.05, 0.1) is 25.1 Å². The van der Waals surface area contributed by atoms with Crippen LogP contribution in [0.4, 0.5) is 4.79 Å². The largest absolute Gasteiger partial charge is 0.495 e. The zero-order chi connectivity index (χ0) is 22.3. The number of aryl methyl sites for hydroxylation is 1. The van der Waals surface area contributed by atoms with E-state index in [-0.39, 0.29) is 5.69 Å². The highest BCUT2D eigenvalue weighted by Gasteiger charge is 2.18. The van der Waals surface area contributed by atoms with E-state index in [0.29, 0.717) is 34.9 Å². The molecule has 0 saturated carbocycles. The minimum absolute atomic E-state index is 0.174. The maximum absolute atomic E-state index is 11.6. The molecular weight excluding hydrogens is 408 g/mol. The van der Waals surface area contributed by atoms with Crippen molar-refractivity contribution in [2.24, 2.45) is 7.05 Å². The lowest BCUT2D eigenvalue weighted by atomic mass is 10.2. The van der Waals surface area contributed by atoms with Crippen molar-refractivity contribution in [2.45, 2.75) is 39.2 Å². The van der Waals surface area contributed by atoms with Crippen molar-refractivity contribution in [3.05, 3.63) is 23.9 Å². The van der Waals surface area contributed by atoms with Crippen LogP contribution < -0.4 is 14.8 Å². The first-order chi connectivity index (χ1) is 14.1. The number of aromatic nitrogens is 1. The average Bonchev–Trinajstić information content (AvgIpc) is 3.00. The van der Waals surface area contributed by atoms with Crippen molar-refractivity contribution < 1.29 is 28.9 Å². The summed E-state index contributed by atoms with van der Waals surface area (Å²) >= 11 is 1.62. The second-order valence-corrected chi connectivity index (χ2v) is 8.81. The molecule has 166 valence electrons. The van der Waals surface area contributed by atoms with Gasteiger partial charge in [-0.3, -0.25) is 0 Å². The monoisotopic (exact) mass is 438 g/mol. The summed E-state index contributed by atoms with van der Waals surface area (Å²) in [6, 6.07) is 5.18. The van der Waals surface area contributed by atoms with Crippen LogP contribution in [0.5, 0.6) is 11.5 Å². The summed E-state index contributed by atoms with van der Waals surface area (Å²) in [7, 11) is 3.25. The van der Waals surface area contributed by atoms with E-state index in [9.17, 15) is 14.7 Å². The van der Waals surface area contributed by atoms with E-state index in [4.69, 9.17) is 14.2 Å². The van der Waals surface area contributed by atoms with Gasteiger partial charge in [-0.25, -0.2) is 9.59 Å². The SMILES string of the molecule is COc1ccc(OCCCCSCNC(=O)OC(C)(C)C)c2cc(C(=O)O)n(C)c12. The summed E-state index contributed by atoms with van der Waals surface area (Å²) in [5, 5.41) is 12.8. The number of hydrogen-bond acceptors (Lipinski definition) is 6. The molecule has 0 radical (unpaired) electrons. The number of thioether (sulfide) groups is 1. The van der Waals surface area contributed by atoms with Gasteiger partial charge < -0.3 is 29.2 Å². The number of nitrogens with one attached hydrogen (secondary N) is 1. The van der Waals surface area contributed by atoms with Crippen LogP contribution >= 0.6 is 11.8 Å². The number of alkyl carbamates (subject to hydrolysis) is 1. The fourth-order valence-electron chi connectivity index (χ4n) is 2.89. The summed E-state index contributed by atoms with van der Waals surface area (Å²) in [6.07, 6.45) is 1.35. The minimum Gasteiger partial charge on any atom is -0.495 e. The van der Waals surface area contributed by atoms with Gasteiger partial charge in [-0.15, -0.1) is 11.8 Å². The van der Waals surface area contributed by atoms with E-state index >= 15 is 0 Å². The number of aromatic carboxylic acids is 1. The van der Waals surface area contributed by atoms with E-state index in [1.165, 1.54) is 0 Å².